The van der Waals surface area contributed by atoms with Crippen molar-refractivity contribution in [1.29, 1.82) is 0 Å². The van der Waals surface area contributed by atoms with Crippen molar-refractivity contribution in [2.24, 2.45) is 0 Å². The summed E-state index contributed by atoms with van der Waals surface area (Å²) in [5.41, 5.74) is -0.679. The topological polar surface area (TPSA) is 58.6 Å². The average Bonchev–Trinajstić information content (AvgIpc) is 2.53. The second-order valence-corrected chi connectivity index (χ2v) is 4.52. The van der Waals surface area contributed by atoms with Gasteiger partial charge in [0.1, 0.15) is 12.4 Å². The number of carbonyl (C=O) groups is 1. The van der Waals surface area contributed by atoms with Crippen LogP contribution >= 0.6 is 0 Å². The summed E-state index contributed by atoms with van der Waals surface area (Å²) in [5.74, 6) is -0.246. The van der Waals surface area contributed by atoms with E-state index in [-0.39, 0.29) is 17.8 Å². The van der Waals surface area contributed by atoms with Crippen molar-refractivity contribution in [2.45, 2.75) is 43.8 Å². The van der Waals surface area contributed by atoms with Crippen molar-refractivity contribution >= 4 is 5.91 Å². The monoisotopic (exact) mass is 247 g/mol. The first-order valence-corrected chi connectivity index (χ1v) is 5.65. The first-order chi connectivity index (χ1) is 8.02. The van der Waals surface area contributed by atoms with Crippen LogP contribution in [0.15, 0.2) is 11.8 Å². The number of ether oxygens (including phenoxy) is 1. The average molecular weight is 247 g/mol. The fraction of sp³-hybridized carbons (Fsp3) is 0.727. The summed E-state index contributed by atoms with van der Waals surface area (Å²) in [6.07, 6.45) is 0.686. The fourth-order valence-corrected chi connectivity index (χ4v) is 2.44. The molecule has 1 amide bonds. The molecule has 1 fully saturated rings. The summed E-state index contributed by atoms with van der Waals surface area (Å²) >= 11 is 0. The molecule has 2 aliphatic rings. The molecule has 1 spiro atoms. The van der Waals surface area contributed by atoms with Crippen molar-refractivity contribution in [1.82, 2.24) is 5.32 Å². The Hall–Kier alpha value is -1.17. The van der Waals surface area contributed by atoms with Gasteiger partial charge in [-0.3, -0.25) is 4.79 Å². The summed E-state index contributed by atoms with van der Waals surface area (Å²) in [6.45, 7) is -0.550. The number of amides is 1. The summed E-state index contributed by atoms with van der Waals surface area (Å²) in [4.78, 5) is 11.1. The van der Waals surface area contributed by atoms with Crippen LogP contribution in [0.1, 0.15) is 25.7 Å². The largest absolute Gasteiger partial charge is 0.510 e. The molecule has 96 valence electrons. The van der Waals surface area contributed by atoms with E-state index < -0.39 is 18.6 Å². The Labute approximate surface area is 97.6 Å². The van der Waals surface area contributed by atoms with Crippen molar-refractivity contribution < 1.29 is 23.4 Å². The molecule has 2 rings (SSSR count). The molecule has 0 aromatic rings. The summed E-state index contributed by atoms with van der Waals surface area (Å²) < 4.78 is 29.0. The van der Waals surface area contributed by atoms with Gasteiger partial charge in [-0.05, 0) is 25.7 Å². The highest BCUT2D eigenvalue weighted by Crippen LogP contribution is 2.36. The minimum Gasteiger partial charge on any atom is -0.510 e. The molecule has 6 heteroatoms. The van der Waals surface area contributed by atoms with Crippen LogP contribution in [-0.2, 0) is 9.53 Å². The van der Waals surface area contributed by atoms with Gasteiger partial charge in [0.25, 0.3) is 6.43 Å². The molecule has 2 N–H and O–H groups in total. The normalized spacial score (nSPS) is 33.0. The number of nitrogens with one attached hydrogen (secondary N) is 1. The zero-order valence-corrected chi connectivity index (χ0v) is 9.29. The van der Waals surface area contributed by atoms with Crippen LogP contribution in [0.5, 0.6) is 0 Å². The van der Waals surface area contributed by atoms with E-state index >= 15 is 0 Å². The van der Waals surface area contributed by atoms with Gasteiger partial charge in [0.05, 0.1) is 11.6 Å². The van der Waals surface area contributed by atoms with Crippen LogP contribution in [0.25, 0.3) is 0 Å². The lowest BCUT2D eigenvalue weighted by Crippen LogP contribution is -2.48. The highest BCUT2D eigenvalue weighted by molar-refractivity contribution is 5.92. The van der Waals surface area contributed by atoms with Gasteiger partial charge in [-0.15, -0.1) is 0 Å². The summed E-state index contributed by atoms with van der Waals surface area (Å²) in [7, 11) is 0. The highest BCUT2D eigenvalue weighted by Gasteiger charge is 2.43. The van der Waals surface area contributed by atoms with Gasteiger partial charge in [-0.2, -0.15) is 0 Å². The van der Waals surface area contributed by atoms with Gasteiger partial charge >= 0.3 is 0 Å². The molecule has 0 bridgehead atoms. The molecule has 0 radical (unpaired) electrons. The van der Waals surface area contributed by atoms with E-state index in [0.717, 1.165) is 0 Å². The number of hydrogen-bond donors (Lipinski definition) is 2. The first kappa shape index (κ1) is 12.3. The minimum absolute atomic E-state index is 0.0507. The number of aliphatic hydroxyl groups is 1. The second kappa shape index (κ2) is 4.60. The zero-order chi connectivity index (χ0) is 12.5. The van der Waals surface area contributed by atoms with Gasteiger partial charge in [0, 0.05) is 6.08 Å². The number of aliphatic hydroxyl groups excluding tert-OH is 1. The number of halogens is 2. The van der Waals surface area contributed by atoms with Crippen molar-refractivity contribution in [3.8, 4) is 0 Å². The van der Waals surface area contributed by atoms with Gasteiger partial charge in [-0.25, -0.2) is 8.78 Å². The molecule has 1 heterocycles. The van der Waals surface area contributed by atoms with Gasteiger partial charge in [-0.1, -0.05) is 0 Å². The Bertz CT molecular complexity index is 336. The molecule has 1 aliphatic carbocycles. The third-order valence-corrected chi connectivity index (χ3v) is 3.36. The predicted molar refractivity (Wildman–Crippen MR) is 55.8 cm³/mol. The van der Waals surface area contributed by atoms with Gasteiger partial charge in [0.15, 0.2) is 0 Å². The van der Waals surface area contributed by atoms with Crippen molar-refractivity contribution in [3.63, 3.8) is 0 Å². The molecule has 1 saturated carbocycles. The summed E-state index contributed by atoms with van der Waals surface area (Å²) in [6, 6.07) is 0. The smallest absolute Gasteiger partial charge is 0.261 e. The van der Waals surface area contributed by atoms with E-state index in [0.29, 0.717) is 25.7 Å². The molecule has 17 heavy (non-hydrogen) atoms. The third kappa shape index (κ3) is 2.57. The maximum absolute atomic E-state index is 12.0. The van der Waals surface area contributed by atoms with Crippen LogP contribution < -0.4 is 5.32 Å². The van der Waals surface area contributed by atoms with Crippen LogP contribution in [0.4, 0.5) is 8.78 Å². The maximum Gasteiger partial charge on any atom is 0.261 e. The molecule has 4 nitrogen and oxygen atoms in total. The Balaban J connectivity index is 1.86. The van der Waals surface area contributed by atoms with E-state index in [1.807, 2.05) is 0 Å². The lowest BCUT2D eigenvalue weighted by Gasteiger charge is -2.37. The van der Waals surface area contributed by atoms with Crippen LogP contribution in [0.2, 0.25) is 0 Å². The molecular formula is C11H15F2NO3. The molecular weight excluding hydrogens is 232 g/mol. The quantitative estimate of drug-likeness (QED) is 0.795. The Morgan fingerprint density at radius 2 is 2.18 bits per heavy atom. The van der Waals surface area contributed by atoms with Gasteiger partial charge in [0.2, 0.25) is 5.91 Å². The van der Waals surface area contributed by atoms with E-state index in [4.69, 9.17) is 4.74 Å². The van der Waals surface area contributed by atoms with E-state index in [9.17, 15) is 18.7 Å². The van der Waals surface area contributed by atoms with E-state index in [1.165, 1.54) is 6.08 Å². The number of rotatable bonds is 3. The van der Waals surface area contributed by atoms with Gasteiger partial charge < -0.3 is 15.2 Å². The molecule has 0 saturated heterocycles. The minimum atomic E-state index is -2.45. The highest BCUT2D eigenvalue weighted by atomic mass is 19.3. The fourth-order valence-electron chi connectivity index (χ4n) is 2.44. The van der Waals surface area contributed by atoms with E-state index in [1.54, 1.807) is 0 Å². The van der Waals surface area contributed by atoms with Crippen LogP contribution in [-0.4, -0.2) is 35.7 Å². The number of carbonyl (C=O) groups excluding carboxylic acids is 1. The third-order valence-electron chi connectivity index (χ3n) is 3.36. The number of hydrogen-bond acceptors (Lipinski definition) is 3. The zero-order valence-electron chi connectivity index (χ0n) is 9.29. The molecule has 1 aliphatic heterocycles. The molecule has 0 unspecified atom stereocenters. The Morgan fingerprint density at radius 1 is 1.53 bits per heavy atom. The summed E-state index contributed by atoms with van der Waals surface area (Å²) in [5, 5.41) is 12.4. The molecule has 0 atom stereocenters. The second-order valence-electron chi connectivity index (χ2n) is 4.52. The van der Waals surface area contributed by atoms with Crippen molar-refractivity contribution in [3.05, 3.63) is 11.8 Å². The SMILES string of the molecule is O=C1C=C(O)C2(CCC(OCC(F)F)CC2)N1. The molecule has 0 aromatic heterocycles. The molecule has 0 aromatic carbocycles. The standard InChI is InChI=1S/C11H15F2NO3/c12-9(13)6-17-7-1-3-11(4-2-7)8(15)5-10(16)14-11/h5,7,9,15H,1-4,6H2,(H,14,16). The lowest BCUT2D eigenvalue weighted by atomic mass is 9.80. The predicted octanol–water partition coefficient (Wildman–Crippen LogP) is 1.52. The van der Waals surface area contributed by atoms with E-state index in [2.05, 4.69) is 5.32 Å². The van der Waals surface area contributed by atoms with Crippen LogP contribution in [0, 0.1) is 0 Å². The van der Waals surface area contributed by atoms with Crippen LogP contribution in [0.3, 0.4) is 0 Å². The number of alkyl halides is 2. The maximum atomic E-state index is 12.0. The first-order valence-electron chi connectivity index (χ1n) is 5.65. The lowest BCUT2D eigenvalue weighted by molar-refractivity contribution is -0.117. The Kier molecular flexibility index (Phi) is 3.33. The Morgan fingerprint density at radius 3 is 2.65 bits per heavy atom. The van der Waals surface area contributed by atoms with Crippen molar-refractivity contribution in [2.75, 3.05) is 6.61 Å².